The number of hydrogen-bond acceptors (Lipinski definition) is 3. The molecule has 1 aromatic heterocycles. The number of rotatable bonds is 5. The number of aromatic nitrogens is 2. The first-order valence-corrected chi connectivity index (χ1v) is 9.24. The Morgan fingerprint density at radius 3 is 2.63 bits per heavy atom. The molecule has 6 nitrogen and oxygen atoms in total. The van der Waals surface area contributed by atoms with Gasteiger partial charge in [-0.3, -0.25) is 14.7 Å². The summed E-state index contributed by atoms with van der Waals surface area (Å²) in [6.07, 6.45) is 1.43. The van der Waals surface area contributed by atoms with Gasteiger partial charge in [0, 0.05) is 20.7 Å². The van der Waals surface area contributed by atoms with Crippen LogP contribution in [0, 0.1) is 6.92 Å². The van der Waals surface area contributed by atoms with E-state index in [0.29, 0.717) is 22.0 Å². The number of hydrogen-bond donors (Lipinski definition) is 3. The summed E-state index contributed by atoms with van der Waals surface area (Å²) in [5.41, 5.74) is 3.31. The molecule has 3 aromatic rings. The van der Waals surface area contributed by atoms with Crippen LogP contribution in [0.2, 0.25) is 5.02 Å². The molecular weight excluding hydrogens is 432 g/mol. The van der Waals surface area contributed by atoms with Crippen molar-refractivity contribution in [3.05, 3.63) is 69.3 Å². The zero-order valence-corrected chi connectivity index (χ0v) is 16.7. The van der Waals surface area contributed by atoms with Crippen molar-refractivity contribution in [1.29, 1.82) is 0 Å². The molecule has 0 atom stereocenters. The maximum atomic E-state index is 12.5. The van der Waals surface area contributed by atoms with Crippen LogP contribution in [0.5, 0.6) is 0 Å². The summed E-state index contributed by atoms with van der Waals surface area (Å²) in [5.74, 6) is -0.707. The average Bonchev–Trinajstić information content (AvgIpc) is 3.12. The Morgan fingerprint density at radius 2 is 1.93 bits per heavy atom. The molecule has 3 N–H and O–H groups in total. The van der Waals surface area contributed by atoms with Crippen LogP contribution in [-0.2, 0) is 4.79 Å². The fraction of sp³-hybridized carbons (Fsp3) is 0.105. The number of aryl methyl sites for hydroxylation is 1. The first-order valence-electron chi connectivity index (χ1n) is 8.07. The van der Waals surface area contributed by atoms with Gasteiger partial charge >= 0.3 is 0 Å². The highest BCUT2D eigenvalue weighted by Crippen LogP contribution is 2.23. The Kier molecular flexibility index (Phi) is 5.93. The summed E-state index contributed by atoms with van der Waals surface area (Å²) in [7, 11) is 0. The van der Waals surface area contributed by atoms with Gasteiger partial charge in [-0.05, 0) is 42.8 Å². The summed E-state index contributed by atoms with van der Waals surface area (Å²) in [4.78, 5) is 24.6. The Morgan fingerprint density at radius 1 is 1.19 bits per heavy atom. The standard InChI is InChI=1S/C19H16BrClN4O2/c1-11-8-13(20)4-7-16(11)24-17(26)10-22-19(27)15-9-23-25-18(15)12-2-5-14(21)6-3-12/h2-9H,10H2,1H3,(H,22,27)(H,23,25)(H,24,26). The van der Waals surface area contributed by atoms with Crippen LogP contribution in [0.25, 0.3) is 11.3 Å². The molecule has 2 aromatic carbocycles. The minimum Gasteiger partial charge on any atom is -0.343 e. The number of benzene rings is 2. The third kappa shape index (κ3) is 4.75. The van der Waals surface area contributed by atoms with Crippen molar-refractivity contribution in [3.8, 4) is 11.3 Å². The van der Waals surface area contributed by atoms with Crippen molar-refractivity contribution >= 4 is 45.0 Å². The normalized spacial score (nSPS) is 10.5. The zero-order valence-electron chi connectivity index (χ0n) is 14.3. The summed E-state index contributed by atoms with van der Waals surface area (Å²) < 4.78 is 0.931. The molecule has 0 radical (unpaired) electrons. The Hall–Kier alpha value is -2.64. The third-order valence-electron chi connectivity index (χ3n) is 3.89. The van der Waals surface area contributed by atoms with E-state index in [1.165, 1.54) is 6.20 Å². The minimum atomic E-state index is -0.392. The highest BCUT2D eigenvalue weighted by atomic mass is 79.9. The van der Waals surface area contributed by atoms with E-state index in [9.17, 15) is 9.59 Å². The predicted molar refractivity (Wildman–Crippen MR) is 109 cm³/mol. The molecular formula is C19H16BrClN4O2. The van der Waals surface area contributed by atoms with Gasteiger partial charge in [0.2, 0.25) is 5.91 Å². The minimum absolute atomic E-state index is 0.153. The number of nitrogens with zero attached hydrogens (tertiary/aromatic N) is 1. The number of anilines is 1. The lowest BCUT2D eigenvalue weighted by atomic mass is 10.1. The van der Waals surface area contributed by atoms with Gasteiger partial charge in [-0.1, -0.05) is 39.7 Å². The zero-order chi connectivity index (χ0) is 19.4. The Labute approximate surface area is 169 Å². The predicted octanol–water partition coefficient (Wildman–Crippen LogP) is 4.17. The van der Waals surface area contributed by atoms with E-state index in [1.807, 2.05) is 19.1 Å². The molecule has 0 aliphatic rings. The van der Waals surface area contributed by atoms with Crippen molar-refractivity contribution in [1.82, 2.24) is 15.5 Å². The first-order chi connectivity index (χ1) is 12.9. The van der Waals surface area contributed by atoms with Gasteiger partial charge in [0.15, 0.2) is 0 Å². The van der Waals surface area contributed by atoms with Gasteiger partial charge in [0.25, 0.3) is 5.91 Å². The average molecular weight is 448 g/mol. The summed E-state index contributed by atoms with van der Waals surface area (Å²) in [6.45, 7) is 1.74. The topological polar surface area (TPSA) is 86.9 Å². The van der Waals surface area contributed by atoms with E-state index in [1.54, 1.807) is 30.3 Å². The lowest BCUT2D eigenvalue weighted by Crippen LogP contribution is -2.33. The Balaban J connectivity index is 1.64. The molecule has 2 amide bonds. The molecule has 0 aliphatic heterocycles. The largest absolute Gasteiger partial charge is 0.343 e. The lowest BCUT2D eigenvalue weighted by Gasteiger charge is -2.10. The van der Waals surface area contributed by atoms with Crippen LogP contribution >= 0.6 is 27.5 Å². The second-order valence-electron chi connectivity index (χ2n) is 5.86. The fourth-order valence-electron chi connectivity index (χ4n) is 2.51. The van der Waals surface area contributed by atoms with Crippen LogP contribution < -0.4 is 10.6 Å². The summed E-state index contributed by atoms with van der Waals surface area (Å²) >= 11 is 9.27. The number of aromatic amines is 1. The van der Waals surface area contributed by atoms with Gasteiger partial charge in [0.1, 0.15) is 0 Å². The highest BCUT2D eigenvalue weighted by molar-refractivity contribution is 9.10. The molecule has 8 heteroatoms. The number of H-pyrrole nitrogens is 1. The van der Waals surface area contributed by atoms with Crippen LogP contribution in [-0.4, -0.2) is 28.6 Å². The SMILES string of the molecule is Cc1cc(Br)ccc1NC(=O)CNC(=O)c1cn[nH]c1-c1ccc(Cl)cc1. The summed E-state index contributed by atoms with van der Waals surface area (Å²) in [6, 6.07) is 12.6. The smallest absolute Gasteiger partial charge is 0.255 e. The molecule has 0 saturated heterocycles. The van der Waals surface area contributed by atoms with Crippen molar-refractivity contribution in [2.75, 3.05) is 11.9 Å². The van der Waals surface area contributed by atoms with E-state index in [0.717, 1.165) is 15.6 Å². The molecule has 0 aliphatic carbocycles. The van der Waals surface area contributed by atoms with Gasteiger partial charge < -0.3 is 10.6 Å². The van der Waals surface area contributed by atoms with Crippen LogP contribution in [0.1, 0.15) is 15.9 Å². The molecule has 0 saturated carbocycles. The number of halogens is 2. The van der Waals surface area contributed by atoms with E-state index < -0.39 is 5.91 Å². The Bertz CT molecular complexity index is 986. The van der Waals surface area contributed by atoms with E-state index in [4.69, 9.17) is 11.6 Å². The first kappa shape index (κ1) is 19.1. The number of carbonyl (C=O) groups is 2. The maximum Gasteiger partial charge on any atom is 0.255 e. The molecule has 3 rings (SSSR count). The van der Waals surface area contributed by atoms with Crippen LogP contribution in [0.15, 0.2) is 53.1 Å². The molecule has 0 spiro atoms. The second kappa shape index (κ2) is 8.37. The molecule has 0 bridgehead atoms. The van der Waals surface area contributed by atoms with Gasteiger partial charge in [0.05, 0.1) is 24.0 Å². The van der Waals surface area contributed by atoms with Gasteiger partial charge in [-0.2, -0.15) is 5.10 Å². The van der Waals surface area contributed by atoms with Crippen molar-refractivity contribution in [3.63, 3.8) is 0 Å². The maximum absolute atomic E-state index is 12.5. The number of amides is 2. The monoisotopic (exact) mass is 446 g/mol. The van der Waals surface area contributed by atoms with Crippen molar-refractivity contribution < 1.29 is 9.59 Å². The van der Waals surface area contributed by atoms with Crippen LogP contribution in [0.3, 0.4) is 0 Å². The van der Waals surface area contributed by atoms with E-state index in [2.05, 4.69) is 36.8 Å². The van der Waals surface area contributed by atoms with Crippen molar-refractivity contribution in [2.45, 2.75) is 6.92 Å². The lowest BCUT2D eigenvalue weighted by molar-refractivity contribution is -0.115. The molecule has 0 fully saturated rings. The number of nitrogens with one attached hydrogen (secondary N) is 3. The second-order valence-corrected chi connectivity index (χ2v) is 7.21. The molecule has 0 unspecified atom stereocenters. The van der Waals surface area contributed by atoms with Crippen LogP contribution in [0.4, 0.5) is 5.69 Å². The fourth-order valence-corrected chi connectivity index (χ4v) is 3.11. The molecule has 27 heavy (non-hydrogen) atoms. The van der Waals surface area contributed by atoms with E-state index >= 15 is 0 Å². The van der Waals surface area contributed by atoms with Gasteiger partial charge in [-0.15, -0.1) is 0 Å². The highest BCUT2D eigenvalue weighted by Gasteiger charge is 2.16. The number of carbonyl (C=O) groups excluding carboxylic acids is 2. The molecule has 1 heterocycles. The summed E-state index contributed by atoms with van der Waals surface area (Å²) in [5, 5.41) is 12.7. The van der Waals surface area contributed by atoms with Gasteiger partial charge in [-0.25, -0.2) is 0 Å². The van der Waals surface area contributed by atoms with E-state index in [-0.39, 0.29) is 12.5 Å². The third-order valence-corrected chi connectivity index (χ3v) is 4.63. The molecule has 138 valence electrons. The quantitative estimate of drug-likeness (QED) is 0.548. The van der Waals surface area contributed by atoms with Crippen molar-refractivity contribution in [2.24, 2.45) is 0 Å².